The third-order valence-corrected chi connectivity index (χ3v) is 7.70. The van der Waals surface area contributed by atoms with Gasteiger partial charge in [-0.05, 0) is 63.2 Å². The number of anilines is 3. The summed E-state index contributed by atoms with van der Waals surface area (Å²) in [5, 5.41) is 14.8. The van der Waals surface area contributed by atoms with Crippen molar-refractivity contribution >= 4 is 28.4 Å². The number of hydrogen-bond donors (Lipinski definition) is 2. The first-order valence-corrected chi connectivity index (χ1v) is 13.4. The minimum absolute atomic E-state index is 0.138. The molecular weight excluding hydrogens is 480 g/mol. The van der Waals surface area contributed by atoms with Gasteiger partial charge in [-0.2, -0.15) is 4.98 Å². The molecule has 6 rings (SSSR count). The number of hydrogen-bond acceptors (Lipinski definition) is 8. The molecule has 0 spiro atoms. The first-order valence-electron chi connectivity index (χ1n) is 13.4. The Morgan fingerprint density at radius 2 is 1.74 bits per heavy atom. The fourth-order valence-electron chi connectivity index (χ4n) is 5.35. The highest BCUT2D eigenvalue weighted by atomic mass is 16.3. The van der Waals surface area contributed by atoms with E-state index in [1.807, 2.05) is 30.3 Å². The van der Waals surface area contributed by atoms with E-state index in [-0.39, 0.29) is 5.56 Å². The minimum Gasteiger partial charge on any atom is -0.384 e. The van der Waals surface area contributed by atoms with E-state index in [1.165, 1.54) is 5.69 Å². The molecule has 1 fully saturated rings. The van der Waals surface area contributed by atoms with Crippen molar-refractivity contribution in [2.75, 3.05) is 43.4 Å². The van der Waals surface area contributed by atoms with Gasteiger partial charge in [-0.25, -0.2) is 19.3 Å². The molecule has 1 aromatic carbocycles. The van der Waals surface area contributed by atoms with Crippen molar-refractivity contribution < 1.29 is 5.11 Å². The van der Waals surface area contributed by atoms with Crippen LogP contribution in [0.2, 0.25) is 0 Å². The average Bonchev–Trinajstić information content (AvgIpc) is 3.19. The molecule has 38 heavy (non-hydrogen) atoms. The third-order valence-electron chi connectivity index (χ3n) is 7.70. The van der Waals surface area contributed by atoms with Crippen LogP contribution in [-0.4, -0.2) is 67.5 Å². The Kier molecular flexibility index (Phi) is 6.37. The molecule has 2 N–H and O–H groups in total. The number of nitrogens with zero attached hydrogens (tertiary/aromatic N) is 7. The third kappa shape index (κ3) is 4.65. The predicted octanol–water partition coefficient (Wildman–Crippen LogP) is 3.25. The van der Waals surface area contributed by atoms with Crippen LogP contribution < -0.4 is 15.8 Å². The Balaban J connectivity index is 1.35. The van der Waals surface area contributed by atoms with Crippen LogP contribution in [0.4, 0.5) is 17.3 Å². The zero-order valence-electron chi connectivity index (χ0n) is 22.0. The quantitative estimate of drug-likeness (QED) is 0.429. The number of piperazine rings is 1. The predicted molar refractivity (Wildman–Crippen MR) is 148 cm³/mol. The van der Waals surface area contributed by atoms with Gasteiger partial charge in [0.1, 0.15) is 11.0 Å². The number of nitrogens with one attached hydrogen (secondary N) is 1. The summed E-state index contributed by atoms with van der Waals surface area (Å²) < 4.78 is 3.46. The van der Waals surface area contributed by atoms with Crippen molar-refractivity contribution in [3.8, 4) is 5.82 Å². The van der Waals surface area contributed by atoms with Crippen LogP contribution in [0.15, 0.2) is 53.5 Å². The zero-order chi connectivity index (χ0) is 26.3. The number of aliphatic hydroxyl groups is 1. The maximum atomic E-state index is 13.4. The van der Waals surface area contributed by atoms with Gasteiger partial charge in [0.15, 0.2) is 11.5 Å². The molecule has 0 unspecified atom stereocenters. The summed E-state index contributed by atoms with van der Waals surface area (Å²) in [6.45, 7) is 6.50. The van der Waals surface area contributed by atoms with Crippen molar-refractivity contribution in [3.05, 3.63) is 64.7 Å². The molecule has 2 bridgehead atoms. The van der Waals surface area contributed by atoms with Crippen LogP contribution in [0.5, 0.6) is 0 Å². The minimum atomic E-state index is -1.04. The highest BCUT2D eigenvalue weighted by molar-refractivity contribution is 5.77. The fourth-order valence-corrected chi connectivity index (χ4v) is 5.35. The highest BCUT2D eigenvalue weighted by Crippen LogP contribution is 2.28. The lowest BCUT2D eigenvalue weighted by molar-refractivity contribution is 0.0405. The van der Waals surface area contributed by atoms with Crippen LogP contribution in [0, 0.1) is 0 Å². The summed E-state index contributed by atoms with van der Waals surface area (Å²) in [5.41, 5.74) is 1.98. The molecule has 1 saturated heterocycles. The molecule has 0 radical (unpaired) electrons. The van der Waals surface area contributed by atoms with E-state index in [0.717, 1.165) is 51.1 Å². The van der Waals surface area contributed by atoms with Crippen molar-refractivity contribution in [2.45, 2.75) is 44.8 Å². The number of aromatic nitrogens is 5. The number of rotatable bonds is 3. The fraction of sp³-hybridized carbons (Fsp3) is 0.429. The lowest BCUT2D eigenvalue weighted by Crippen LogP contribution is -2.44. The van der Waals surface area contributed by atoms with Crippen molar-refractivity contribution in [3.63, 3.8) is 0 Å². The maximum absolute atomic E-state index is 13.4. The monoisotopic (exact) mass is 514 g/mol. The van der Waals surface area contributed by atoms with Crippen molar-refractivity contribution in [2.24, 2.45) is 0 Å². The zero-order valence-corrected chi connectivity index (χ0v) is 22.0. The van der Waals surface area contributed by atoms with Gasteiger partial charge >= 0.3 is 0 Å². The molecule has 4 aromatic rings. The molecular formula is C28H34N8O2. The normalized spacial score (nSPS) is 20.7. The first-order chi connectivity index (χ1) is 18.4. The molecule has 1 atom stereocenters. The standard InChI is InChI=1S/C28H34N8O2/c1-28(38)13-4-3-5-14-35-26(37)22-19-29-27(32-25(22)36(35)24-8-6-7-23(28)31-24)30-20-9-11-21(12-10-20)34-17-15-33(2)16-18-34/h6-12,19,38H,3-5,13-18H2,1-2H3,(H,29,30,32)/t28-/m0/s1. The van der Waals surface area contributed by atoms with Gasteiger partial charge in [-0.3, -0.25) is 4.79 Å². The van der Waals surface area contributed by atoms with E-state index in [0.29, 0.717) is 41.5 Å². The SMILES string of the molecule is CN1CCN(c2ccc(Nc3ncc4c(=O)n5n(c4n3)-c3cccc(n3)[C@@](C)(O)CCCCC5)cc2)CC1. The molecule has 2 aliphatic rings. The second kappa shape index (κ2) is 9.85. The Hall–Kier alpha value is -3.76. The number of pyridine rings is 1. The maximum Gasteiger partial charge on any atom is 0.278 e. The van der Waals surface area contributed by atoms with Crippen molar-refractivity contribution in [1.29, 1.82) is 0 Å². The molecule has 5 heterocycles. The van der Waals surface area contributed by atoms with E-state index in [1.54, 1.807) is 22.5 Å². The largest absolute Gasteiger partial charge is 0.384 e. The molecule has 0 saturated carbocycles. The Labute approximate surface area is 221 Å². The van der Waals surface area contributed by atoms with Gasteiger partial charge in [0, 0.05) is 50.3 Å². The summed E-state index contributed by atoms with van der Waals surface area (Å²) in [6, 6.07) is 13.8. The average molecular weight is 515 g/mol. The lowest BCUT2D eigenvalue weighted by Gasteiger charge is -2.34. The molecule has 10 nitrogen and oxygen atoms in total. The first kappa shape index (κ1) is 24.6. The van der Waals surface area contributed by atoms with E-state index in [9.17, 15) is 9.90 Å². The number of fused-ring (bicyclic) bond motifs is 6. The Bertz CT molecular complexity index is 1500. The highest BCUT2D eigenvalue weighted by Gasteiger charge is 2.27. The summed E-state index contributed by atoms with van der Waals surface area (Å²) in [5.74, 6) is 0.959. The van der Waals surface area contributed by atoms with Gasteiger partial charge in [-0.1, -0.05) is 18.9 Å². The Morgan fingerprint density at radius 3 is 2.53 bits per heavy atom. The summed E-state index contributed by atoms with van der Waals surface area (Å²) in [4.78, 5) is 32.1. The van der Waals surface area contributed by atoms with Crippen LogP contribution in [0.3, 0.4) is 0 Å². The van der Waals surface area contributed by atoms with Crippen LogP contribution in [0.25, 0.3) is 16.9 Å². The van der Waals surface area contributed by atoms with Gasteiger partial charge < -0.3 is 20.2 Å². The number of benzene rings is 1. The Morgan fingerprint density at radius 1 is 0.947 bits per heavy atom. The number of likely N-dealkylation sites (N-methyl/N-ethyl adjacent to an activating group) is 1. The van der Waals surface area contributed by atoms with Gasteiger partial charge in [0.25, 0.3) is 5.56 Å². The molecule has 2 aliphatic heterocycles. The molecule has 198 valence electrons. The summed E-state index contributed by atoms with van der Waals surface area (Å²) in [6.07, 6.45) is 4.79. The summed E-state index contributed by atoms with van der Waals surface area (Å²) in [7, 11) is 2.15. The van der Waals surface area contributed by atoms with E-state index in [4.69, 9.17) is 9.97 Å². The smallest absolute Gasteiger partial charge is 0.278 e. The second-order valence-corrected chi connectivity index (χ2v) is 10.6. The van der Waals surface area contributed by atoms with Gasteiger partial charge in [0.2, 0.25) is 5.95 Å². The van der Waals surface area contributed by atoms with E-state index >= 15 is 0 Å². The topological polar surface area (TPSA) is 104 Å². The van der Waals surface area contributed by atoms with Gasteiger partial charge in [0.05, 0.1) is 5.69 Å². The van der Waals surface area contributed by atoms with E-state index in [2.05, 4.69) is 39.3 Å². The van der Waals surface area contributed by atoms with Crippen LogP contribution in [0.1, 0.15) is 38.3 Å². The summed E-state index contributed by atoms with van der Waals surface area (Å²) >= 11 is 0. The van der Waals surface area contributed by atoms with Crippen LogP contribution in [-0.2, 0) is 12.1 Å². The van der Waals surface area contributed by atoms with E-state index < -0.39 is 5.60 Å². The lowest BCUT2D eigenvalue weighted by atomic mass is 9.94. The molecule has 0 amide bonds. The van der Waals surface area contributed by atoms with Gasteiger partial charge in [-0.15, -0.1) is 0 Å². The van der Waals surface area contributed by atoms with Crippen LogP contribution >= 0.6 is 0 Å². The molecule has 3 aromatic heterocycles. The second-order valence-electron chi connectivity index (χ2n) is 10.6. The molecule has 0 aliphatic carbocycles. The molecule has 10 heteroatoms. The van der Waals surface area contributed by atoms with Crippen molar-refractivity contribution in [1.82, 2.24) is 29.2 Å².